The molecule has 0 spiro atoms. The molecule has 1 fully saturated rings. The lowest BCUT2D eigenvalue weighted by molar-refractivity contribution is 0.0697. The third kappa shape index (κ3) is 3.32. The van der Waals surface area contributed by atoms with Crippen LogP contribution in [-0.2, 0) is 0 Å². The number of carboxylic acid groups (broad SMARTS) is 1. The Hall–Kier alpha value is -2.47. The minimum atomic E-state index is -1.02. The largest absolute Gasteiger partial charge is 0.490 e. The van der Waals surface area contributed by atoms with Crippen molar-refractivity contribution in [3.8, 4) is 16.9 Å². The highest BCUT2D eigenvalue weighted by atomic mass is 19.1. The third-order valence-corrected chi connectivity index (χ3v) is 4.16. The molecular weight excluding hydrogens is 299 g/mol. The average Bonchev–Trinajstić information content (AvgIpc) is 3.35. The van der Waals surface area contributed by atoms with Crippen molar-refractivity contribution in [2.45, 2.75) is 18.4 Å². The van der Waals surface area contributed by atoms with Crippen LogP contribution < -0.4 is 10.1 Å². The minimum Gasteiger partial charge on any atom is -0.490 e. The summed E-state index contributed by atoms with van der Waals surface area (Å²) in [4.78, 5) is 14.6. The van der Waals surface area contributed by atoms with Crippen molar-refractivity contribution in [2.24, 2.45) is 0 Å². The molecule has 2 N–H and O–H groups in total. The molecule has 0 aliphatic heterocycles. The highest BCUT2D eigenvalue weighted by Gasteiger charge is 2.41. The highest BCUT2D eigenvalue weighted by Crippen LogP contribution is 2.35. The van der Waals surface area contributed by atoms with Gasteiger partial charge in [-0.05, 0) is 43.7 Å². The molecule has 1 aromatic carbocycles. The number of aromatic nitrogens is 1. The van der Waals surface area contributed by atoms with E-state index in [1.54, 1.807) is 18.2 Å². The fourth-order valence-corrected chi connectivity index (χ4v) is 2.34. The van der Waals surface area contributed by atoms with Gasteiger partial charge in [0, 0.05) is 5.56 Å². The number of carbonyl (C=O) groups is 1. The first-order valence-electron chi connectivity index (χ1n) is 7.34. The van der Waals surface area contributed by atoms with E-state index in [9.17, 15) is 9.18 Å². The zero-order chi connectivity index (χ0) is 16.4. The quantitative estimate of drug-likeness (QED) is 0.802. The van der Waals surface area contributed by atoms with E-state index in [0.29, 0.717) is 17.9 Å². The average molecular weight is 316 g/mol. The maximum Gasteiger partial charge on any atom is 0.335 e. The first-order chi connectivity index (χ1) is 11.0. The van der Waals surface area contributed by atoms with Crippen LogP contribution in [0.25, 0.3) is 11.1 Å². The number of rotatable bonds is 6. The molecule has 1 heterocycles. The van der Waals surface area contributed by atoms with E-state index in [0.717, 1.165) is 12.8 Å². The molecule has 0 saturated heterocycles. The number of nitrogens with zero attached hydrogens (tertiary/aromatic N) is 1. The molecule has 1 aliphatic rings. The molecule has 0 radical (unpaired) electrons. The van der Waals surface area contributed by atoms with Crippen LogP contribution in [0.4, 0.5) is 4.39 Å². The minimum absolute atomic E-state index is 0.0255. The van der Waals surface area contributed by atoms with Crippen molar-refractivity contribution in [1.82, 2.24) is 10.3 Å². The second-order valence-electron chi connectivity index (χ2n) is 5.71. The van der Waals surface area contributed by atoms with Gasteiger partial charge in [-0.2, -0.15) is 4.39 Å². The number of ether oxygens (including phenoxy) is 1. The van der Waals surface area contributed by atoms with Gasteiger partial charge in [0.1, 0.15) is 12.4 Å². The Bertz CT molecular complexity index is 727. The first kappa shape index (κ1) is 15.4. The van der Waals surface area contributed by atoms with Gasteiger partial charge in [-0.25, -0.2) is 9.78 Å². The van der Waals surface area contributed by atoms with Crippen molar-refractivity contribution in [2.75, 3.05) is 13.7 Å². The topological polar surface area (TPSA) is 71.5 Å². The van der Waals surface area contributed by atoms with Gasteiger partial charge in [0.05, 0.1) is 17.3 Å². The number of hydrogen-bond donors (Lipinski definition) is 2. The van der Waals surface area contributed by atoms with Crippen molar-refractivity contribution in [3.63, 3.8) is 0 Å². The second-order valence-corrected chi connectivity index (χ2v) is 5.71. The summed E-state index contributed by atoms with van der Waals surface area (Å²) in [6, 6.07) is 7.58. The van der Waals surface area contributed by atoms with E-state index in [2.05, 4.69) is 10.3 Å². The van der Waals surface area contributed by atoms with Crippen molar-refractivity contribution in [3.05, 3.63) is 48.0 Å². The standard InChI is InChI=1S/C17H17FN2O3/c1-19-17(6-7-17)10-23-13-8-14(15(18)20-9-13)11-2-4-12(5-3-11)16(21)22/h2-5,8-9,19H,6-7,10H2,1H3,(H,21,22). The lowest BCUT2D eigenvalue weighted by Gasteiger charge is -2.15. The van der Waals surface area contributed by atoms with Crippen molar-refractivity contribution < 1.29 is 19.0 Å². The van der Waals surface area contributed by atoms with E-state index in [-0.39, 0.29) is 16.7 Å². The Labute approximate surface area is 133 Å². The smallest absolute Gasteiger partial charge is 0.335 e. The Kier molecular flexibility index (Phi) is 4.00. The van der Waals surface area contributed by atoms with E-state index < -0.39 is 11.9 Å². The van der Waals surface area contributed by atoms with Crippen LogP contribution in [0.1, 0.15) is 23.2 Å². The normalized spacial score (nSPS) is 15.2. The summed E-state index contributed by atoms with van der Waals surface area (Å²) in [5, 5.41) is 12.1. The number of carboxylic acids is 1. The summed E-state index contributed by atoms with van der Waals surface area (Å²) >= 11 is 0. The Morgan fingerprint density at radius 1 is 1.39 bits per heavy atom. The summed E-state index contributed by atoms with van der Waals surface area (Å²) in [5.41, 5.74) is 1.02. The van der Waals surface area contributed by atoms with Crippen molar-refractivity contribution >= 4 is 5.97 Å². The van der Waals surface area contributed by atoms with Crippen LogP contribution in [0, 0.1) is 5.95 Å². The van der Waals surface area contributed by atoms with Gasteiger partial charge in [-0.1, -0.05) is 12.1 Å². The number of nitrogens with one attached hydrogen (secondary N) is 1. The lowest BCUT2D eigenvalue weighted by atomic mass is 10.1. The zero-order valence-corrected chi connectivity index (χ0v) is 12.7. The van der Waals surface area contributed by atoms with Gasteiger partial charge in [0.2, 0.25) is 5.95 Å². The first-order valence-corrected chi connectivity index (χ1v) is 7.34. The molecule has 1 aromatic heterocycles. The van der Waals surface area contributed by atoms with E-state index in [1.807, 2.05) is 7.05 Å². The monoisotopic (exact) mass is 316 g/mol. The van der Waals surface area contributed by atoms with Gasteiger partial charge in [-0.3, -0.25) is 0 Å². The predicted molar refractivity (Wildman–Crippen MR) is 83.1 cm³/mol. The molecule has 6 heteroatoms. The molecular formula is C17H17FN2O3. The number of aromatic carboxylic acids is 1. The molecule has 0 amide bonds. The van der Waals surface area contributed by atoms with Crippen LogP contribution in [-0.4, -0.2) is 35.3 Å². The summed E-state index contributed by atoms with van der Waals surface area (Å²) in [7, 11) is 1.90. The summed E-state index contributed by atoms with van der Waals surface area (Å²) < 4.78 is 19.7. The van der Waals surface area contributed by atoms with E-state index in [1.165, 1.54) is 18.3 Å². The maximum absolute atomic E-state index is 14.0. The Morgan fingerprint density at radius 3 is 2.65 bits per heavy atom. The molecule has 120 valence electrons. The van der Waals surface area contributed by atoms with Crippen LogP contribution >= 0.6 is 0 Å². The number of likely N-dealkylation sites (N-methyl/N-ethyl adjacent to an activating group) is 1. The third-order valence-electron chi connectivity index (χ3n) is 4.16. The van der Waals surface area contributed by atoms with E-state index >= 15 is 0 Å². The number of benzene rings is 1. The summed E-state index contributed by atoms with van der Waals surface area (Å²) in [6.45, 7) is 0.508. The van der Waals surface area contributed by atoms with Crippen LogP contribution in [0.2, 0.25) is 0 Å². The van der Waals surface area contributed by atoms with Crippen LogP contribution in [0.3, 0.4) is 0 Å². The molecule has 0 bridgehead atoms. The summed E-state index contributed by atoms with van der Waals surface area (Å²) in [6.07, 6.45) is 3.47. The van der Waals surface area contributed by atoms with Gasteiger partial charge >= 0.3 is 5.97 Å². The van der Waals surface area contributed by atoms with Gasteiger partial charge < -0.3 is 15.2 Å². The van der Waals surface area contributed by atoms with Crippen LogP contribution in [0.5, 0.6) is 5.75 Å². The molecule has 5 nitrogen and oxygen atoms in total. The highest BCUT2D eigenvalue weighted by molar-refractivity contribution is 5.88. The molecule has 2 aromatic rings. The number of hydrogen-bond acceptors (Lipinski definition) is 4. The Balaban J connectivity index is 1.81. The van der Waals surface area contributed by atoms with Crippen molar-refractivity contribution in [1.29, 1.82) is 0 Å². The van der Waals surface area contributed by atoms with Gasteiger partial charge in [-0.15, -0.1) is 0 Å². The molecule has 0 unspecified atom stereocenters. The fourth-order valence-electron chi connectivity index (χ4n) is 2.34. The molecule has 23 heavy (non-hydrogen) atoms. The van der Waals surface area contributed by atoms with Gasteiger partial charge in [0.25, 0.3) is 0 Å². The maximum atomic E-state index is 14.0. The SMILES string of the molecule is CNC1(COc2cnc(F)c(-c3ccc(C(=O)O)cc3)c2)CC1. The summed E-state index contributed by atoms with van der Waals surface area (Å²) in [5.74, 6) is -1.14. The van der Waals surface area contributed by atoms with Crippen LogP contribution in [0.15, 0.2) is 36.5 Å². The number of pyridine rings is 1. The fraction of sp³-hybridized carbons (Fsp3) is 0.294. The zero-order valence-electron chi connectivity index (χ0n) is 12.7. The molecule has 3 rings (SSSR count). The van der Waals surface area contributed by atoms with E-state index in [4.69, 9.17) is 9.84 Å². The number of halogens is 1. The molecule has 1 aliphatic carbocycles. The molecule has 0 atom stereocenters. The lowest BCUT2D eigenvalue weighted by Crippen LogP contribution is -2.33. The molecule has 1 saturated carbocycles. The van der Waals surface area contributed by atoms with Gasteiger partial charge in [0.15, 0.2) is 0 Å². The Morgan fingerprint density at radius 2 is 2.09 bits per heavy atom. The predicted octanol–water partition coefficient (Wildman–Crippen LogP) is 2.72. The second kappa shape index (κ2) is 5.96.